The lowest BCUT2D eigenvalue weighted by Gasteiger charge is -2.23. The van der Waals surface area contributed by atoms with Crippen LogP contribution in [0.5, 0.6) is 0 Å². The lowest BCUT2D eigenvalue weighted by molar-refractivity contribution is -0.159. The number of anilines is 1. The Balaban J connectivity index is 2.14. The number of hydrogen-bond acceptors (Lipinski definition) is 11. The molecule has 3 heterocycles. The first kappa shape index (κ1) is 26.1. The number of alkyl halides is 1. The SMILES string of the molecule is CCC(OC(C)=O)[C@H]1O[C@@H](n2c(=O)n(CC(C)OC(C)=O)c3cnc(N)nc32)[C@H](OC(C)=O)[C@H]1F. The number of carbonyl (C=O) groups excluding carboxylic acids is 3. The molecule has 0 radical (unpaired) electrons. The number of carbonyl (C=O) groups is 3. The van der Waals surface area contributed by atoms with E-state index in [4.69, 9.17) is 24.7 Å². The normalized spacial score (nSPS) is 23.6. The number of nitrogens with two attached hydrogens (primary N) is 1. The van der Waals surface area contributed by atoms with Crippen LogP contribution < -0.4 is 11.4 Å². The minimum atomic E-state index is -1.93. The van der Waals surface area contributed by atoms with Gasteiger partial charge in [-0.3, -0.25) is 19.0 Å². The molecule has 192 valence electrons. The zero-order valence-corrected chi connectivity index (χ0v) is 20.0. The fraction of sp³-hybridized carbons (Fsp3) is 0.619. The van der Waals surface area contributed by atoms with E-state index in [0.29, 0.717) is 0 Å². The second-order valence-corrected chi connectivity index (χ2v) is 8.19. The molecule has 35 heavy (non-hydrogen) atoms. The molecule has 0 bridgehead atoms. The van der Waals surface area contributed by atoms with E-state index in [0.717, 1.165) is 11.5 Å². The molecule has 6 atom stereocenters. The maximum atomic E-state index is 15.6. The van der Waals surface area contributed by atoms with Crippen molar-refractivity contribution in [1.29, 1.82) is 0 Å². The number of aromatic nitrogens is 4. The van der Waals surface area contributed by atoms with Crippen molar-refractivity contribution >= 4 is 35.0 Å². The third-order valence-electron chi connectivity index (χ3n) is 5.38. The zero-order chi connectivity index (χ0) is 26.0. The van der Waals surface area contributed by atoms with Crippen LogP contribution in [0.15, 0.2) is 11.0 Å². The molecular weight excluding hydrogens is 469 g/mol. The van der Waals surface area contributed by atoms with Crippen molar-refractivity contribution in [2.24, 2.45) is 0 Å². The van der Waals surface area contributed by atoms with Crippen LogP contribution in [0.2, 0.25) is 0 Å². The Morgan fingerprint density at radius 2 is 1.86 bits per heavy atom. The van der Waals surface area contributed by atoms with Crippen LogP contribution >= 0.6 is 0 Å². The van der Waals surface area contributed by atoms with Crippen LogP contribution in [0.25, 0.3) is 11.2 Å². The summed E-state index contributed by atoms with van der Waals surface area (Å²) < 4.78 is 39.2. The van der Waals surface area contributed by atoms with Gasteiger partial charge in [0.15, 0.2) is 24.2 Å². The van der Waals surface area contributed by atoms with Gasteiger partial charge in [0.2, 0.25) is 5.95 Å². The average Bonchev–Trinajstić information content (AvgIpc) is 3.19. The summed E-state index contributed by atoms with van der Waals surface area (Å²) in [6, 6.07) is 0. The average molecular weight is 497 g/mol. The number of esters is 3. The van der Waals surface area contributed by atoms with Gasteiger partial charge in [0, 0.05) is 20.8 Å². The van der Waals surface area contributed by atoms with Crippen LogP contribution in [-0.2, 0) is 39.9 Å². The molecule has 2 aromatic heterocycles. The van der Waals surface area contributed by atoms with Crippen molar-refractivity contribution < 1.29 is 37.7 Å². The van der Waals surface area contributed by atoms with Gasteiger partial charge in [0.25, 0.3) is 0 Å². The van der Waals surface area contributed by atoms with Crippen molar-refractivity contribution in [3.05, 3.63) is 16.7 Å². The largest absolute Gasteiger partial charge is 0.461 e. The summed E-state index contributed by atoms with van der Waals surface area (Å²) >= 11 is 0. The summed E-state index contributed by atoms with van der Waals surface area (Å²) in [5.41, 5.74) is 5.23. The quantitative estimate of drug-likeness (QED) is 0.401. The molecule has 1 aliphatic heterocycles. The minimum absolute atomic E-state index is 0.00642. The number of fused-ring (bicyclic) bond motifs is 1. The minimum Gasteiger partial charge on any atom is -0.461 e. The van der Waals surface area contributed by atoms with Gasteiger partial charge in [0.1, 0.15) is 23.8 Å². The lowest BCUT2D eigenvalue weighted by atomic mass is 10.0. The highest BCUT2D eigenvalue weighted by atomic mass is 19.1. The fourth-order valence-electron chi connectivity index (χ4n) is 4.12. The number of nitrogen functional groups attached to an aromatic ring is 1. The first-order chi connectivity index (χ1) is 16.4. The summed E-state index contributed by atoms with van der Waals surface area (Å²) in [6.45, 7) is 6.67. The van der Waals surface area contributed by atoms with E-state index in [-0.39, 0.29) is 30.1 Å². The van der Waals surface area contributed by atoms with Crippen LogP contribution in [-0.4, -0.2) is 67.6 Å². The maximum Gasteiger partial charge on any atom is 0.332 e. The summed E-state index contributed by atoms with van der Waals surface area (Å²) in [6.07, 6.45) is -6.48. The van der Waals surface area contributed by atoms with Crippen LogP contribution in [0.1, 0.15) is 47.3 Å². The van der Waals surface area contributed by atoms with Gasteiger partial charge in [-0.05, 0) is 13.3 Å². The molecule has 0 saturated carbocycles. The van der Waals surface area contributed by atoms with Gasteiger partial charge < -0.3 is 24.7 Å². The highest BCUT2D eigenvalue weighted by Crippen LogP contribution is 2.37. The lowest BCUT2D eigenvalue weighted by Crippen LogP contribution is -2.40. The zero-order valence-electron chi connectivity index (χ0n) is 20.0. The summed E-state index contributed by atoms with van der Waals surface area (Å²) in [7, 11) is 0. The molecule has 3 rings (SSSR count). The third-order valence-corrected chi connectivity index (χ3v) is 5.38. The second-order valence-electron chi connectivity index (χ2n) is 8.19. The van der Waals surface area contributed by atoms with Crippen molar-refractivity contribution in [1.82, 2.24) is 19.1 Å². The van der Waals surface area contributed by atoms with E-state index in [1.54, 1.807) is 13.8 Å². The number of rotatable bonds is 8. The Morgan fingerprint density at radius 3 is 2.43 bits per heavy atom. The van der Waals surface area contributed by atoms with Gasteiger partial charge in [0.05, 0.1) is 12.7 Å². The van der Waals surface area contributed by atoms with E-state index >= 15 is 4.39 Å². The Hall–Kier alpha value is -3.55. The summed E-state index contributed by atoms with van der Waals surface area (Å²) in [4.78, 5) is 56.2. The first-order valence-corrected chi connectivity index (χ1v) is 11.0. The van der Waals surface area contributed by atoms with Crippen molar-refractivity contribution in [2.75, 3.05) is 5.73 Å². The monoisotopic (exact) mass is 497 g/mol. The van der Waals surface area contributed by atoms with E-state index in [9.17, 15) is 19.2 Å². The molecule has 1 fully saturated rings. The smallest absolute Gasteiger partial charge is 0.332 e. The van der Waals surface area contributed by atoms with Gasteiger partial charge in [-0.25, -0.2) is 18.7 Å². The van der Waals surface area contributed by atoms with Gasteiger partial charge in [-0.15, -0.1) is 0 Å². The predicted molar refractivity (Wildman–Crippen MR) is 118 cm³/mol. The van der Waals surface area contributed by atoms with Gasteiger partial charge in [-0.1, -0.05) is 6.92 Å². The fourth-order valence-corrected chi connectivity index (χ4v) is 4.12. The highest BCUT2D eigenvalue weighted by Gasteiger charge is 2.53. The molecule has 0 aliphatic carbocycles. The molecular formula is C21H28FN5O8. The Labute approximate surface area is 199 Å². The van der Waals surface area contributed by atoms with Gasteiger partial charge in [-0.2, -0.15) is 4.98 Å². The molecule has 13 nitrogen and oxygen atoms in total. The van der Waals surface area contributed by atoms with Crippen molar-refractivity contribution in [3.8, 4) is 0 Å². The first-order valence-electron chi connectivity index (χ1n) is 11.0. The van der Waals surface area contributed by atoms with Gasteiger partial charge >= 0.3 is 23.6 Å². The van der Waals surface area contributed by atoms with Crippen LogP contribution in [0.4, 0.5) is 10.3 Å². The van der Waals surface area contributed by atoms with Crippen LogP contribution in [0.3, 0.4) is 0 Å². The van der Waals surface area contributed by atoms with Crippen LogP contribution in [0, 0.1) is 0 Å². The predicted octanol–water partition coefficient (Wildman–Crippen LogP) is 0.636. The molecule has 2 N–H and O–H groups in total. The van der Waals surface area contributed by atoms with E-state index in [1.165, 1.54) is 24.6 Å². The molecule has 2 aromatic rings. The molecule has 0 amide bonds. The maximum absolute atomic E-state index is 15.6. The number of halogens is 1. The Morgan fingerprint density at radius 1 is 1.20 bits per heavy atom. The van der Waals surface area contributed by atoms with E-state index in [2.05, 4.69) is 9.97 Å². The summed E-state index contributed by atoms with van der Waals surface area (Å²) in [5, 5.41) is 0. The Kier molecular flexibility index (Phi) is 7.73. The molecule has 1 aliphatic rings. The molecule has 2 unspecified atom stereocenters. The number of imidazole rings is 1. The van der Waals surface area contributed by atoms with E-state index in [1.807, 2.05) is 0 Å². The molecule has 0 spiro atoms. The topological polar surface area (TPSA) is 167 Å². The standard InChI is InChI=1S/C21H28FN5O8/c1-6-14(33-11(4)29)16-15(22)17(34-12(5)30)19(35-16)27-18-13(7-24-20(23)25-18)26(21(27)31)8-9(2)32-10(3)28/h7,9,14-17,19H,6,8H2,1-5H3,(H2,23,24,25)/t9?,14?,15-,16+,17+,19+/m0/s1. The van der Waals surface area contributed by atoms with Crippen molar-refractivity contribution in [2.45, 2.75) is 84.4 Å². The number of hydrogen-bond donors (Lipinski definition) is 1. The third kappa shape index (κ3) is 5.42. The Bertz CT molecular complexity index is 1180. The number of nitrogens with zero attached hydrogens (tertiary/aromatic N) is 4. The number of ether oxygens (including phenoxy) is 4. The summed E-state index contributed by atoms with van der Waals surface area (Å²) in [5.74, 6) is -2.16. The second kappa shape index (κ2) is 10.4. The highest BCUT2D eigenvalue weighted by molar-refractivity contribution is 5.72. The molecule has 1 saturated heterocycles. The van der Waals surface area contributed by atoms with E-state index < -0.39 is 60.4 Å². The van der Waals surface area contributed by atoms with Crippen molar-refractivity contribution in [3.63, 3.8) is 0 Å². The molecule has 14 heteroatoms. The molecule has 0 aromatic carbocycles.